The molecule has 3 atom stereocenters. The van der Waals surface area contributed by atoms with Gasteiger partial charge in [0.15, 0.2) is 0 Å². The summed E-state index contributed by atoms with van der Waals surface area (Å²) in [6.07, 6.45) is 0.114. The van der Waals surface area contributed by atoms with Crippen LogP contribution in [0.25, 0.3) is 0 Å². The van der Waals surface area contributed by atoms with Crippen molar-refractivity contribution in [1.82, 2.24) is 10.2 Å². The van der Waals surface area contributed by atoms with Crippen LogP contribution in [0.3, 0.4) is 0 Å². The van der Waals surface area contributed by atoms with Gasteiger partial charge in [0.1, 0.15) is 5.82 Å². The van der Waals surface area contributed by atoms with Gasteiger partial charge in [-0.05, 0) is 24.6 Å². The third-order valence-electron chi connectivity index (χ3n) is 3.80. The van der Waals surface area contributed by atoms with Crippen LogP contribution in [-0.2, 0) is 9.59 Å². The van der Waals surface area contributed by atoms with Gasteiger partial charge in [-0.2, -0.15) is 0 Å². The molecule has 2 N–H and O–H groups in total. The van der Waals surface area contributed by atoms with Gasteiger partial charge in [-0.15, -0.1) is 0 Å². The molecule has 2 rings (SSSR count). The Morgan fingerprint density at radius 2 is 2.10 bits per heavy atom. The fourth-order valence-electron chi connectivity index (χ4n) is 2.62. The summed E-state index contributed by atoms with van der Waals surface area (Å²) < 4.78 is 13.0. The smallest absolute Gasteiger partial charge is 0.226 e. The Hall–Kier alpha value is -1.95. The monoisotopic (exact) mass is 294 g/mol. The Balaban J connectivity index is 2.24. The summed E-state index contributed by atoms with van der Waals surface area (Å²) in [4.78, 5) is 25.7. The van der Waals surface area contributed by atoms with Crippen LogP contribution >= 0.6 is 0 Å². The minimum Gasteiger partial charge on any atom is -0.394 e. The predicted molar refractivity (Wildman–Crippen MR) is 74.7 cm³/mol. The van der Waals surface area contributed by atoms with Gasteiger partial charge in [0.25, 0.3) is 0 Å². The lowest BCUT2D eigenvalue weighted by Crippen LogP contribution is -2.40. The van der Waals surface area contributed by atoms with Crippen molar-refractivity contribution < 1.29 is 19.1 Å². The van der Waals surface area contributed by atoms with E-state index in [-0.39, 0.29) is 36.7 Å². The lowest BCUT2D eigenvalue weighted by Gasteiger charge is -2.25. The molecule has 6 heteroatoms. The Morgan fingerprint density at radius 3 is 2.67 bits per heavy atom. The van der Waals surface area contributed by atoms with Gasteiger partial charge in [-0.25, -0.2) is 4.39 Å². The molecule has 0 bridgehead atoms. The van der Waals surface area contributed by atoms with Crippen molar-refractivity contribution in [3.8, 4) is 0 Å². The molecular formula is C15H19FN2O3. The maximum atomic E-state index is 13.0. The molecule has 0 saturated carbocycles. The van der Waals surface area contributed by atoms with Crippen LogP contribution in [-0.4, -0.2) is 41.5 Å². The van der Waals surface area contributed by atoms with Crippen molar-refractivity contribution in [3.63, 3.8) is 0 Å². The minimum atomic E-state index is -0.540. The van der Waals surface area contributed by atoms with E-state index in [2.05, 4.69) is 5.32 Å². The lowest BCUT2D eigenvalue weighted by molar-refractivity contribution is -0.128. The third kappa shape index (κ3) is 3.21. The average Bonchev–Trinajstić information content (AvgIpc) is 2.76. The SMILES string of the molecule is CC(CO)NC(=O)C1CC(=O)N(C)C1c1ccc(F)cc1. The second kappa shape index (κ2) is 6.22. The highest BCUT2D eigenvalue weighted by Crippen LogP contribution is 2.37. The van der Waals surface area contributed by atoms with Gasteiger partial charge in [0.2, 0.25) is 11.8 Å². The number of aliphatic hydroxyl groups excluding tert-OH is 1. The van der Waals surface area contributed by atoms with Crippen molar-refractivity contribution in [2.75, 3.05) is 13.7 Å². The molecule has 1 saturated heterocycles. The van der Waals surface area contributed by atoms with Crippen LogP contribution < -0.4 is 5.32 Å². The van der Waals surface area contributed by atoms with Gasteiger partial charge in [-0.1, -0.05) is 12.1 Å². The molecule has 1 heterocycles. The highest BCUT2D eigenvalue weighted by atomic mass is 19.1. The van der Waals surface area contributed by atoms with E-state index in [1.165, 1.54) is 17.0 Å². The summed E-state index contributed by atoms with van der Waals surface area (Å²) in [5.74, 6) is -1.30. The zero-order valence-electron chi connectivity index (χ0n) is 12.0. The molecule has 1 aromatic rings. The Kier molecular flexibility index (Phi) is 4.57. The van der Waals surface area contributed by atoms with E-state index >= 15 is 0 Å². The van der Waals surface area contributed by atoms with Gasteiger partial charge in [0, 0.05) is 19.5 Å². The summed E-state index contributed by atoms with van der Waals surface area (Å²) >= 11 is 0. The Morgan fingerprint density at radius 1 is 1.48 bits per heavy atom. The molecule has 3 unspecified atom stereocenters. The highest BCUT2D eigenvalue weighted by Gasteiger charge is 2.42. The van der Waals surface area contributed by atoms with Crippen molar-refractivity contribution in [1.29, 1.82) is 0 Å². The van der Waals surface area contributed by atoms with E-state index in [0.29, 0.717) is 0 Å². The molecule has 0 aliphatic carbocycles. The number of aliphatic hydroxyl groups is 1. The average molecular weight is 294 g/mol. The molecule has 1 aliphatic heterocycles. The number of hydrogen-bond acceptors (Lipinski definition) is 3. The van der Waals surface area contributed by atoms with Crippen LogP contribution in [0.15, 0.2) is 24.3 Å². The highest BCUT2D eigenvalue weighted by molar-refractivity contribution is 5.90. The van der Waals surface area contributed by atoms with Crippen molar-refractivity contribution in [2.24, 2.45) is 5.92 Å². The molecule has 2 amide bonds. The molecule has 114 valence electrons. The van der Waals surface area contributed by atoms with Gasteiger partial charge in [-0.3, -0.25) is 9.59 Å². The zero-order valence-corrected chi connectivity index (χ0v) is 12.0. The first-order valence-electron chi connectivity index (χ1n) is 6.86. The fourth-order valence-corrected chi connectivity index (χ4v) is 2.62. The van der Waals surface area contributed by atoms with Crippen LogP contribution in [0, 0.1) is 11.7 Å². The zero-order chi connectivity index (χ0) is 15.6. The van der Waals surface area contributed by atoms with E-state index in [9.17, 15) is 14.0 Å². The van der Waals surface area contributed by atoms with E-state index in [1.807, 2.05) is 0 Å². The molecule has 1 fully saturated rings. The number of likely N-dealkylation sites (tertiary alicyclic amines) is 1. The van der Waals surface area contributed by atoms with E-state index in [0.717, 1.165) is 5.56 Å². The van der Waals surface area contributed by atoms with Gasteiger partial charge < -0.3 is 15.3 Å². The predicted octanol–water partition coefficient (Wildman–Crippen LogP) is 0.842. The second-order valence-electron chi connectivity index (χ2n) is 5.40. The summed E-state index contributed by atoms with van der Waals surface area (Å²) in [6, 6.07) is 5.03. The number of rotatable bonds is 4. The molecule has 1 aliphatic rings. The van der Waals surface area contributed by atoms with Crippen molar-refractivity contribution in [3.05, 3.63) is 35.6 Å². The van der Waals surface area contributed by atoms with Crippen molar-refractivity contribution in [2.45, 2.75) is 25.4 Å². The number of carbonyl (C=O) groups excluding carboxylic acids is 2. The molecule has 5 nitrogen and oxygen atoms in total. The number of nitrogens with zero attached hydrogens (tertiary/aromatic N) is 1. The van der Waals surface area contributed by atoms with E-state index in [1.54, 1.807) is 26.1 Å². The number of carbonyl (C=O) groups is 2. The standard InChI is InChI=1S/C15H19FN2O3/c1-9(8-19)17-15(21)12-7-13(20)18(2)14(12)10-3-5-11(16)6-4-10/h3-6,9,12,14,19H,7-8H2,1-2H3,(H,17,21). The molecule has 21 heavy (non-hydrogen) atoms. The first kappa shape index (κ1) is 15.4. The third-order valence-corrected chi connectivity index (χ3v) is 3.80. The Labute approximate surface area is 122 Å². The molecule has 0 spiro atoms. The first-order chi connectivity index (χ1) is 9.93. The second-order valence-corrected chi connectivity index (χ2v) is 5.40. The maximum Gasteiger partial charge on any atom is 0.226 e. The van der Waals surface area contributed by atoms with E-state index in [4.69, 9.17) is 5.11 Å². The minimum absolute atomic E-state index is 0.114. The molecule has 0 aromatic heterocycles. The maximum absolute atomic E-state index is 13.0. The van der Waals surface area contributed by atoms with E-state index < -0.39 is 12.0 Å². The summed E-state index contributed by atoms with van der Waals surface area (Å²) in [5, 5.41) is 11.7. The topological polar surface area (TPSA) is 69.6 Å². The van der Waals surface area contributed by atoms with Crippen LogP contribution in [0.2, 0.25) is 0 Å². The quantitative estimate of drug-likeness (QED) is 0.864. The summed E-state index contributed by atoms with van der Waals surface area (Å²) in [6.45, 7) is 1.52. The van der Waals surface area contributed by atoms with Crippen LogP contribution in [0.4, 0.5) is 4.39 Å². The van der Waals surface area contributed by atoms with Crippen LogP contribution in [0.1, 0.15) is 24.9 Å². The van der Waals surface area contributed by atoms with Gasteiger partial charge in [0.05, 0.1) is 18.6 Å². The largest absolute Gasteiger partial charge is 0.394 e. The number of hydrogen-bond donors (Lipinski definition) is 2. The summed E-state index contributed by atoms with van der Waals surface area (Å²) in [7, 11) is 1.64. The normalized spacial score (nSPS) is 23.2. The number of nitrogens with one attached hydrogen (secondary N) is 1. The summed E-state index contributed by atoms with van der Waals surface area (Å²) in [5.41, 5.74) is 0.724. The first-order valence-corrected chi connectivity index (χ1v) is 6.86. The van der Waals surface area contributed by atoms with Crippen molar-refractivity contribution >= 4 is 11.8 Å². The Bertz CT molecular complexity index is 532. The molecular weight excluding hydrogens is 275 g/mol. The molecule has 0 radical (unpaired) electrons. The number of benzene rings is 1. The molecule has 1 aromatic carbocycles. The lowest BCUT2D eigenvalue weighted by atomic mass is 9.92. The number of halogens is 1. The number of amides is 2. The van der Waals surface area contributed by atoms with Crippen LogP contribution in [0.5, 0.6) is 0 Å². The van der Waals surface area contributed by atoms with Gasteiger partial charge >= 0.3 is 0 Å². The fraction of sp³-hybridized carbons (Fsp3) is 0.467.